The van der Waals surface area contributed by atoms with Gasteiger partial charge in [-0.3, -0.25) is 14.4 Å². The van der Waals surface area contributed by atoms with Crippen LogP contribution in [0.5, 0.6) is 0 Å². The van der Waals surface area contributed by atoms with Crippen LogP contribution >= 0.6 is 0 Å². The van der Waals surface area contributed by atoms with Gasteiger partial charge >= 0.3 is 5.97 Å². The van der Waals surface area contributed by atoms with Crippen LogP contribution in [0, 0.1) is 11.3 Å². The predicted molar refractivity (Wildman–Crippen MR) is 78.6 cm³/mol. The Morgan fingerprint density at radius 3 is 2.52 bits per heavy atom. The van der Waals surface area contributed by atoms with Crippen LogP contribution < -0.4 is 5.32 Å². The molecule has 2 amide bonds. The second-order valence-corrected chi connectivity index (χ2v) is 6.63. The third-order valence-electron chi connectivity index (χ3n) is 3.66. The summed E-state index contributed by atoms with van der Waals surface area (Å²) in [5, 5.41) is 11.8. The Balaban J connectivity index is 2.28. The normalized spacial score (nSPS) is 19.2. The molecule has 1 rings (SSSR count). The molecule has 1 heterocycles. The van der Waals surface area contributed by atoms with Crippen LogP contribution in [-0.4, -0.2) is 47.4 Å². The maximum Gasteiger partial charge on any atom is 0.308 e. The lowest BCUT2D eigenvalue weighted by Crippen LogP contribution is -2.42. The van der Waals surface area contributed by atoms with Gasteiger partial charge in [0.15, 0.2) is 0 Å². The number of carboxylic acid groups (broad SMARTS) is 1. The van der Waals surface area contributed by atoms with E-state index in [2.05, 4.69) is 5.32 Å². The summed E-state index contributed by atoms with van der Waals surface area (Å²) in [6.07, 6.45) is 2.30. The number of aliphatic carboxylic acids is 1. The quantitative estimate of drug-likeness (QED) is 0.748. The van der Waals surface area contributed by atoms with Gasteiger partial charge in [0.25, 0.3) is 0 Å². The van der Waals surface area contributed by atoms with E-state index in [1.54, 1.807) is 4.90 Å². The Kier molecular flexibility index (Phi) is 6.18. The molecular weight excluding hydrogens is 272 g/mol. The van der Waals surface area contributed by atoms with Crippen molar-refractivity contribution in [3.05, 3.63) is 0 Å². The van der Waals surface area contributed by atoms with E-state index < -0.39 is 17.3 Å². The van der Waals surface area contributed by atoms with Crippen LogP contribution in [0.25, 0.3) is 0 Å². The summed E-state index contributed by atoms with van der Waals surface area (Å²) in [7, 11) is 0. The van der Waals surface area contributed by atoms with E-state index in [4.69, 9.17) is 5.11 Å². The van der Waals surface area contributed by atoms with Crippen molar-refractivity contribution in [2.75, 3.05) is 19.6 Å². The van der Waals surface area contributed by atoms with Gasteiger partial charge in [-0.2, -0.15) is 0 Å². The van der Waals surface area contributed by atoms with Crippen molar-refractivity contribution < 1.29 is 19.5 Å². The highest BCUT2D eigenvalue weighted by Crippen LogP contribution is 2.17. The van der Waals surface area contributed by atoms with Gasteiger partial charge in [-0.1, -0.05) is 20.8 Å². The molecule has 0 bridgehead atoms. The maximum absolute atomic E-state index is 12.0. The molecule has 0 aromatic heterocycles. The number of carbonyl (C=O) groups excluding carboxylic acids is 2. The van der Waals surface area contributed by atoms with Gasteiger partial charge in [0.1, 0.15) is 0 Å². The molecule has 1 aliphatic heterocycles. The van der Waals surface area contributed by atoms with Crippen LogP contribution in [0.1, 0.15) is 46.5 Å². The molecule has 2 N–H and O–H groups in total. The summed E-state index contributed by atoms with van der Waals surface area (Å²) in [5.74, 6) is -1.32. The van der Waals surface area contributed by atoms with Crippen molar-refractivity contribution in [3.63, 3.8) is 0 Å². The predicted octanol–water partition coefficient (Wildman–Crippen LogP) is 1.25. The van der Waals surface area contributed by atoms with Crippen molar-refractivity contribution in [1.82, 2.24) is 10.2 Å². The Bertz CT molecular complexity index is 401. The summed E-state index contributed by atoms with van der Waals surface area (Å²) in [5.41, 5.74) is -0.425. The molecule has 1 saturated heterocycles. The average molecular weight is 298 g/mol. The zero-order valence-electron chi connectivity index (χ0n) is 13.1. The highest BCUT2D eigenvalue weighted by Gasteiger charge is 2.27. The molecule has 0 unspecified atom stereocenters. The van der Waals surface area contributed by atoms with E-state index in [0.717, 1.165) is 6.42 Å². The Morgan fingerprint density at radius 1 is 1.29 bits per heavy atom. The van der Waals surface area contributed by atoms with Crippen LogP contribution in [-0.2, 0) is 14.4 Å². The van der Waals surface area contributed by atoms with E-state index in [1.165, 1.54) is 0 Å². The lowest BCUT2D eigenvalue weighted by atomic mass is 9.95. The molecule has 0 aliphatic carbocycles. The number of rotatable bonds is 5. The van der Waals surface area contributed by atoms with E-state index >= 15 is 0 Å². The minimum Gasteiger partial charge on any atom is -0.481 e. The first-order valence-electron chi connectivity index (χ1n) is 7.50. The lowest BCUT2D eigenvalue weighted by molar-refractivity contribution is -0.145. The number of amides is 2. The summed E-state index contributed by atoms with van der Waals surface area (Å²) >= 11 is 0. The van der Waals surface area contributed by atoms with Crippen molar-refractivity contribution in [3.8, 4) is 0 Å². The Morgan fingerprint density at radius 2 is 1.95 bits per heavy atom. The lowest BCUT2D eigenvalue weighted by Gasteiger charge is -2.30. The molecule has 120 valence electrons. The zero-order valence-corrected chi connectivity index (χ0v) is 13.1. The molecular formula is C15H26N2O4. The number of carbonyl (C=O) groups is 3. The number of nitrogens with zero attached hydrogens (tertiary/aromatic N) is 1. The van der Waals surface area contributed by atoms with Gasteiger partial charge in [-0.05, 0) is 19.3 Å². The van der Waals surface area contributed by atoms with Gasteiger partial charge in [-0.15, -0.1) is 0 Å². The fraction of sp³-hybridized carbons (Fsp3) is 0.800. The molecule has 0 saturated carbocycles. The van der Waals surface area contributed by atoms with Crippen molar-refractivity contribution in [1.29, 1.82) is 0 Å². The standard InChI is InChI=1S/C15H26N2O4/c1-15(2,3)14(21)16-8-4-7-12(18)17-9-5-6-11(10-17)13(19)20/h11H,4-10H2,1-3H3,(H,16,21)(H,19,20)/t11-/m1/s1. The summed E-state index contributed by atoms with van der Waals surface area (Å²) in [6, 6.07) is 0. The fourth-order valence-corrected chi connectivity index (χ4v) is 2.27. The number of carboxylic acids is 1. The fourth-order valence-electron chi connectivity index (χ4n) is 2.27. The summed E-state index contributed by atoms with van der Waals surface area (Å²) in [6.45, 7) is 6.94. The van der Waals surface area contributed by atoms with E-state index in [0.29, 0.717) is 38.9 Å². The molecule has 0 radical (unpaired) electrons. The first-order valence-corrected chi connectivity index (χ1v) is 7.50. The first-order chi connectivity index (χ1) is 9.71. The average Bonchev–Trinajstić information content (AvgIpc) is 2.42. The zero-order chi connectivity index (χ0) is 16.0. The highest BCUT2D eigenvalue weighted by atomic mass is 16.4. The van der Waals surface area contributed by atoms with Crippen molar-refractivity contribution >= 4 is 17.8 Å². The largest absolute Gasteiger partial charge is 0.481 e. The first kappa shape index (κ1) is 17.5. The Labute approximate surface area is 125 Å². The highest BCUT2D eigenvalue weighted by molar-refractivity contribution is 5.81. The SMILES string of the molecule is CC(C)(C)C(=O)NCCCC(=O)N1CCC[C@@H](C(=O)O)C1. The summed E-state index contributed by atoms with van der Waals surface area (Å²) in [4.78, 5) is 36.3. The minimum atomic E-state index is -0.829. The van der Waals surface area contributed by atoms with Gasteiger partial charge in [0.05, 0.1) is 5.92 Å². The number of piperidine rings is 1. The van der Waals surface area contributed by atoms with Gasteiger partial charge < -0.3 is 15.3 Å². The van der Waals surface area contributed by atoms with E-state index in [9.17, 15) is 14.4 Å². The molecule has 1 aliphatic rings. The van der Waals surface area contributed by atoms with E-state index in [-0.39, 0.29) is 11.8 Å². The molecule has 0 aromatic rings. The van der Waals surface area contributed by atoms with Gasteiger partial charge in [0.2, 0.25) is 11.8 Å². The van der Waals surface area contributed by atoms with Crippen LogP contribution in [0.2, 0.25) is 0 Å². The molecule has 21 heavy (non-hydrogen) atoms. The minimum absolute atomic E-state index is 0.0223. The second-order valence-electron chi connectivity index (χ2n) is 6.63. The maximum atomic E-state index is 12.0. The molecule has 6 heteroatoms. The van der Waals surface area contributed by atoms with Crippen LogP contribution in [0.4, 0.5) is 0 Å². The summed E-state index contributed by atoms with van der Waals surface area (Å²) < 4.78 is 0. The number of likely N-dealkylation sites (tertiary alicyclic amines) is 1. The number of nitrogens with one attached hydrogen (secondary N) is 1. The smallest absolute Gasteiger partial charge is 0.308 e. The molecule has 0 spiro atoms. The number of hydrogen-bond acceptors (Lipinski definition) is 3. The van der Waals surface area contributed by atoms with Crippen molar-refractivity contribution in [2.45, 2.75) is 46.5 Å². The third-order valence-corrected chi connectivity index (χ3v) is 3.66. The monoisotopic (exact) mass is 298 g/mol. The second kappa shape index (κ2) is 7.43. The molecule has 0 aromatic carbocycles. The van der Waals surface area contributed by atoms with Crippen LogP contribution in [0.15, 0.2) is 0 Å². The molecule has 1 atom stereocenters. The van der Waals surface area contributed by atoms with Gasteiger partial charge in [0, 0.05) is 31.5 Å². The number of hydrogen-bond donors (Lipinski definition) is 2. The Hall–Kier alpha value is -1.59. The van der Waals surface area contributed by atoms with Gasteiger partial charge in [-0.25, -0.2) is 0 Å². The molecule has 1 fully saturated rings. The third kappa shape index (κ3) is 5.73. The molecule has 6 nitrogen and oxygen atoms in total. The topological polar surface area (TPSA) is 86.7 Å². The van der Waals surface area contributed by atoms with E-state index in [1.807, 2.05) is 20.8 Å². The van der Waals surface area contributed by atoms with Crippen molar-refractivity contribution in [2.24, 2.45) is 11.3 Å². The van der Waals surface area contributed by atoms with Crippen LogP contribution in [0.3, 0.4) is 0 Å².